The van der Waals surface area contributed by atoms with Crippen LogP contribution in [0.25, 0.3) is 0 Å². The van der Waals surface area contributed by atoms with Gasteiger partial charge in [-0.2, -0.15) is 0 Å². The first kappa shape index (κ1) is 17.9. The molecule has 9 nitrogen and oxygen atoms in total. The number of nitrogens with zero attached hydrogens (tertiary/aromatic N) is 1. The maximum Gasteiger partial charge on any atom is 0.335 e. The van der Waals surface area contributed by atoms with Crippen molar-refractivity contribution in [3.8, 4) is 0 Å². The summed E-state index contributed by atoms with van der Waals surface area (Å²) in [5.41, 5.74) is 0.821. The number of dihydropyridines is 2. The zero-order valence-electron chi connectivity index (χ0n) is 13.8. The number of hydrogen-bond donors (Lipinski definition) is 5. The molecule has 27 heavy (non-hydrogen) atoms. The fourth-order valence-electron chi connectivity index (χ4n) is 2.73. The van der Waals surface area contributed by atoms with Gasteiger partial charge in [-0.25, -0.2) is 14.4 Å². The largest absolute Gasteiger partial charge is 0.478 e. The van der Waals surface area contributed by atoms with Gasteiger partial charge in [-0.15, -0.1) is 0 Å². The third-order valence-corrected chi connectivity index (χ3v) is 4.04. The molecule has 2 unspecified atom stereocenters. The van der Waals surface area contributed by atoms with Crippen molar-refractivity contribution in [1.82, 2.24) is 15.6 Å². The van der Waals surface area contributed by atoms with Gasteiger partial charge < -0.3 is 26.0 Å². The topological polar surface area (TPSA) is 149 Å². The molecule has 3 rings (SSSR count). The number of aliphatic carboxylic acids is 2. The van der Waals surface area contributed by atoms with Gasteiger partial charge in [-0.05, 0) is 42.6 Å². The number of carboxylic acids is 3. The molecular formula is C18H15N3O6. The molecule has 0 radical (unpaired) electrons. The lowest BCUT2D eigenvalue weighted by atomic mass is 9.97. The normalized spacial score (nSPS) is 21.1. The Balaban J connectivity index is 1.96. The third-order valence-electron chi connectivity index (χ3n) is 4.04. The maximum atomic E-state index is 11.5. The molecule has 2 aliphatic rings. The molecule has 0 amide bonds. The second-order valence-electron chi connectivity index (χ2n) is 5.83. The minimum atomic E-state index is -1.16. The fourth-order valence-corrected chi connectivity index (χ4v) is 2.73. The first-order chi connectivity index (χ1) is 12.8. The van der Waals surface area contributed by atoms with Crippen LogP contribution in [0.3, 0.4) is 0 Å². The lowest BCUT2D eigenvalue weighted by molar-refractivity contribution is -0.133. The summed E-state index contributed by atoms with van der Waals surface area (Å²) in [6.07, 6.45) is 8.45. The summed E-state index contributed by atoms with van der Waals surface area (Å²) < 4.78 is 0. The van der Waals surface area contributed by atoms with E-state index in [0.717, 1.165) is 0 Å². The van der Waals surface area contributed by atoms with Crippen LogP contribution in [-0.4, -0.2) is 44.3 Å². The molecule has 2 atom stereocenters. The predicted molar refractivity (Wildman–Crippen MR) is 92.7 cm³/mol. The van der Waals surface area contributed by atoms with E-state index < -0.39 is 30.0 Å². The molecule has 0 fully saturated rings. The number of carboxylic acid groups (broad SMARTS) is 3. The van der Waals surface area contributed by atoms with E-state index >= 15 is 0 Å². The number of rotatable bonds is 5. The van der Waals surface area contributed by atoms with Crippen LogP contribution in [0.2, 0.25) is 0 Å². The number of aromatic nitrogens is 1. The van der Waals surface area contributed by atoms with Gasteiger partial charge >= 0.3 is 17.9 Å². The number of hydrogen-bond acceptors (Lipinski definition) is 6. The van der Waals surface area contributed by atoms with E-state index in [4.69, 9.17) is 10.2 Å². The molecule has 1 aromatic heterocycles. The highest BCUT2D eigenvalue weighted by atomic mass is 16.4. The van der Waals surface area contributed by atoms with Crippen LogP contribution in [0.5, 0.6) is 0 Å². The van der Waals surface area contributed by atoms with E-state index in [2.05, 4.69) is 15.6 Å². The van der Waals surface area contributed by atoms with Gasteiger partial charge in [0.25, 0.3) is 0 Å². The van der Waals surface area contributed by atoms with E-state index in [1.165, 1.54) is 48.8 Å². The van der Waals surface area contributed by atoms with E-state index in [9.17, 15) is 19.5 Å². The Morgan fingerprint density at radius 3 is 2.33 bits per heavy atom. The van der Waals surface area contributed by atoms with Gasteiger partial charge in [0.1, 0.15) is 0 Å². The molecule has 9 heteroatoms. The van der Waals surface area contributed by atoms with Gasteiger partial charge in [0.15, 0.2) is 0 Å². The molecule has 0 bridgehead atoms. The minimum Gasteiger partial charge on any atom is -0.478 e. The van der Waals surface area contributed by atoms with Crippen molar-refractivity contribution in [2.75, 3.05) is 0 Å². The summed E-state index contributed by atoms with van der Waals surface area (Å²) in [6, 6.07) is 1.41. The predicted octanol–water partition coefficient (Wildman–Crippen LogP) is 0.816. The van der Waals surface area contributed by atoms with Crippen molar-refractivity contribution in [3.63, 3.8) is 0 Å². The Morgan fingerprint density at radius 2 is 1.67 bits per heavy atom. The van der Waals surface area contributed by atoms with Crippen molar-refractivity contribution in [2.45, 2.75) is 12.1 Å². The van der Waals surface area contributed by atoms with E-state index in [1.807, 2.05) is 0 Å². The van der Waals surface area contributed by atoms with Gasteiger partial charge in [-0.1, -0.05) is 0 Å². The average Bonchev–Trinajstić information content (AvgIpc) is 2.67. The fraction of sp³-hybridized carbons (Fsp3) is 0.111. The van der Waals surface area contributed by atoms with Crippen molar-refractivity contribution in [1.29, 1.82) is 0 Å². The monoisotopic (exact) mass is 369 g/mol. The van der Waals surface area contributed by atoms with Crippen molar-refractivity contribution < 1.29 is 29.7 Å². The maximum absolute atomic E-state index is 11.5. The second-order valence-corrected chi connectivity index (χ2v) is 5.83. The zero-order valence-corrected chi connectivity index (χ0v) is 13.8. The first-order valence-corrected chi connectivity index (χ1v) is 7.85. The molecule has 0 saturated heterocycles. The average molecular weight is 369 g/mol. The van der Waals surface area contributed by atoms with Crippen LogP contribution < -0.4 is 10.6 Å². The smallest absolute Gasteiger partial charge is 0.335 e. The lowest BCUT2D eigenvalue weighted by Gasteiger charge is -2.29. The Hall–Kier alpha value is -3.88. The van der Waals surface area contributed by atoms with Gasteiger partial charge in [0.2, 0.25) is 0 Å². The van der Waals surface area contributed by atoms with Crippen LogP contribution in [0, 0.1) is 0 Å². The summed E-state index contributed by atoms with van der Waals surface area (Å²) in [6.45, 7) is 0. The Labute approximate surface area is 153 Å². The molecule has 0 spiro atoms. The quantitative estimate of drug-likeness (QED) is 0.508. The molecular weight excluding hydrogens is 354 g/mol. The van der Waals surface area contributed by atoms with Gasteiger partial charge in [0.05, 0.1) is 34.5 Å². The van der Waals surface area contributed by atoms with Crippen molar-refractivity contribution in [3.05, 3.63) is 76.9 Å². The summed E-state index contributed by atoms with van der Waals surface area (Å²) in [5, 5.41) is 33.7. The second kappa shape index (κ2) is 7.16. The molecule has 5 N–H and O–H groups in total. The summed E-state index contributed by atoms with van der Waals surface area (Å²) >= 11 is 0. The standard InChI is InChI=1S/C18H15N3O6/c22-16(23)9-1-3-19-12(5-9)14-7-11(18(26)27)8-15(21-14)13-6-10(17(24)25)2-4-20-13/h1-8,12,15,19,21H,(H,22,23)(H,24,25)(H,26,27). The highest BCUT2D eigenvalue weighted by Crippen LogP contribution is 2.25. The van der Waals surface area contributed by atoms with Gasteiger partial charge in [0, 0.05) is 11.9 Å². The number of pyridine rings is 1. The Bertz CT molecular complexity index is 944. The summed E-state index contributed by atoms with van der Waals surface area (Å²) in [4.78, 5) is 38.0. The van der Waals surface area contributed by atoms with Crippen LogP contribution in [0.4, 0.5) is 0 Å². The first-order valence-electron chi connectivity index (χ1n) is 7.85. The van der Waals surface area contributed by atoms with E-state index in [1.54, 1.807) is 0 Å². The van der Waals surface area contributed by atoms with Crippen LogP contribution in [0.1, 0.15) is 22.1 Å². The van der Waals surface area contributed by atoms with Crippen molar-refractivity contribution in [2.24, 2.45) is 0 Å². The number of nitrogens with one attached hydrogen (secondary N) is 2. The minimum absolute atomic E-state index is 0.0158. The Kier molecular flexibility index (Phi) is 4.75. The number of carbonyl (C=O) groups is 3. The molecule has 2 aliphatic heterocycles. The van der Waals surface area contributed by atoms with Crippen molar-refractivity contribution >= 4 is 17.9 Å². The van der Waals surface area contributed by atoms with E-state index in [0.29, 0.717) is 11.4 Å². The highest BCUT2D eigenvalue weighted by Gasteiger charge is 2.26. The Morgan fingerprint density at radius 1 is 0.963 bits per heavy atom. The highest BCUT2D eigenvalue weighted by molar-refractivity contribution is 5.92. The molecule has 3 heterocycles. The van der Waals surface area contributed by atoms with E-state index in [-0.39, 0.29) is 16.7 Å². The molecule has 1 aromatic rings. The van der Waals surface area contributed by atoms with Gasteiger partial charge in [-0.3, -0.25) is 4.98 Å². The lowest BCUT2D eigenvalue weighted by Crippen LogP contribution is -2.38. The molecule has 0 saturated carbocycles. The van der Waals surface area contributed by atoms with Crippen LogP contribution >= 0.6 is 0 Å². The molecule has 138 valence electrons. The SMILES string of the molecule is O=C(O)C1=CC(C2=CC(C(=O)O)=CC(c3cc(C(=O)O)ccn3)N2)NC=C1. The summed E-state index contributed by atoms with van der Waals surface area (Å²) in [7, 11) is 0. The van der Waals surface area contributed by atoms with Crippen LogP contribution in [-0.2, 0) is 9.59 Å². The zero-order chi connectivity index (χ0) is 19.6. The molecule has 0 aliphatic carbocycles. The van der Waals surface area contributed by atoms with Crippen LogP contribution in [0.15, 0.2) is 65.7 Å². The number of aromatic carboxylic acids is 1. The summed E-state index contributed by atoms with van der Waals surface area (Å²) in [5.74, 6) is -3.39. The third kappa shape index (κ3) is 3.87. The molecule has 0 aromatic carbocycles.